The summed E-state index contributed by atoms with van der Waals surface area (Å²) in [5.74, 6) is -0.607. The number of hydrogen-bond donors (Lipinski definition) is 2. The fraction of sp³-hybridized carbons (Fsp3) is 0.714. The van der Waals surface area contributed by atoms with Crippen LogP contribution in [0.1, 0.15) is 26.2 Å². The number of rotatable bonds is 6. The van der Waals surface area contributed by atoms with Crippen LogP contribution in [0.15, 0.2) is 12.7 Å². The van der Waals surface area contributed by atoms with E-state index in [0.717, 1.165) is 12.8 Å². The first-order chi connectivity index (χ1) is 9.54. The molecule has 1 rings (SSSR count). The van der Waals surface area contributed by atoms with E-state index in [2.05, 4.69) is 6.58 Å². The summed E-state index contributed by atoms with van der Waals surface area (Å²) < 4.78 is 0. The monoisotopic (exact) mass is 284 g/mol. The molecule has 2 N–H and O–H groups in total. The Hall–Kier alpha value is -1.56. The van der Waals surface area contributed by atoms with Crippen LogP contribution in [-0.4, -0.2) is 64.3 Å². The van der Waals surface area contributed by atoms with Gasteiger partial charge in [-0.25, -0.2) is 9.59 Å². The highest BCUT2D eigenvalue weighted by molar-refractivity contribution is 5.83. The van der Waals surface area contributed by atoms with Crippen molar-refractivity contribution in [3.63, 3.8) is 0 Å². The van der Waals surface area contributed by atoms with Crippen LogP contribution in [0.3, 0.4) is 0 Å². The molecule has 2 amide bonds. The maximum atomic E-state index is 12.4. The third-order valence-electron chi connectivity index (χ3n) is 3.81. The zero-order chi connectivity index (χ0) is 15.1. The summed E-state index contributed by atoms with van der Waals surface area (Å²) in [7, 11) is 0. The average Bonchev–Trinajstić information content (AvgIpc) is 2.45. The second-order valence-electron chi connectivity index (χ2n) is 5.09. The fourth-order valence-corrected chi connectivity index (χ4v) is 2.60. The van der Waals surface area contributed by atoms with E-state index in [4.69, 9.17) is 5.11 Å². The molecule has 1 heterocycles. The van der Waals surface area contributed by atoms with Crippen molar-refractivity contribution in [2.75, 3.05) is 26.2 Å². The smallest absolute Gasteiger partial charge is 0.326 e. The van der Waals surface area contributed by atoms with Gasteiger partial charge in [-0.15, -0.1) is 6.58 Å². The summed E-state index contributed by atoms with van der Waals surface area (Å²) in [6.45, 7) is 6.41. The van der Waals surface area contributed by atoms with Gasteiger partial charge in [0.15, 0.2) is 0 Å². The zero-order valence-corrected chi connectivity index (χ0v) is 12.0. The summed E-state index contributed by atoms with van der Waals surface area (Å²) in [6, 6.07) is -1.10. The molecule has 114 valence electrons. The highest BCUT2D eigenvalue weighted by atomic mass is 16.4. The molecule has 6 heteroatoms. The standard InChI is InChI=1S/C14H24N2O4/c1-3-6-15(8-9-17)14(20)16-7-5-11(4-2)10-12(16)13(18)19/h3,11-12,17H,1,4-10H2,2H3,(H,18,19). The number of carbonyl (C=O) groups excluding carboxylic acids is 1. The van der Waals surface area contributed by atoms with Gasteiger partial charge in [0.2, 0.25) is 0 Å². The van der Waals surface area contributed by atoms with Crippen molar-refractivity contribution in [3.05, 3.63) is 12.7 Å². The van der Waals surface area contributed by atoms with Gasteiger partial charge in [0, 0.05) is 19.6 Å². The molecule has 0 aromatic heterocycles. The molecular formula is C14H24N2O4. The lowest BCUT2D eigenvalue weighted by Crippen LogP contribution is -2.55. The summed E-state index contributed by atoms with van der Waals surface area (Å²) in [5.41, 5.74) is 0. The Labute approximate surface area is 119 Å². The van der Waals surface area contributed by atoms with Crippen LogP contribution in [0.4, 0.5) is 4.79 Å². The molecule has 1 aliphatic rings. The number of likely N-dealkylation sites (tertiary alicyclic amines) is 1. The van der Waals surface area contributed by atoms with Crippen LogP contribution in [0.2, 0.25) is 0 Å². The number of hydrogen-bond acceptors (Lipinski definition) is 3. The Balaban J connectivity index is 2.82. The minimum absolute atomic E-state index is 0.150. The maximum Gasteiger partial charge on any atom is 0.326 e. The van der Waals surface area contributed by atoms with Crippen molar-refractivity contribution in [3.8, 4) is 0 Å². The molecule has 0 radical (unpaired) electrons. The van der Waals surface area contributed by atoms with Gasteiger partial charge in [0.05, 0.1) is 6.61 Å². The number of nitrogens with zero attached hydrogens (tertiary/aromatic N) is 2. The molecule has 0 aliphatic carbocycles. The summed E-state index contributed by atoms with van der Waals surface area (Å²) in [4.78, 5) is 26.6. The van der Waals surface area contributed by atoms with Gasteiger partial charge in [-0.05, 0) is 18.8 Å². The van der Waals surface area contributed by atoms with Crippen molar-refractivity contribution in [2.24, 2.45) is 5.92 Å². The molecule has 20 heavy (non-hydrogen) atoms. The van der Waals surface area contributed by atoms with Gasteiger partial charge in [0.25, 0.3) is 0 Å². The Kier molecular flexibility index (Phi) is 6.51. The normalized spacial score (nSPS) is 22.4. The molecule has 1 aliphatic heterocycles. The molecule has 1 saturated heterocycles. The van der Waals surface area contributed by atoms with Crippen LogP contribution >= 0.6 is 0 Å². The van der Waals surface area contributed by atoms with E-state index in [-0.39, 0.29) is 19.2 Å². The Morgan fingerprint density at radius 2 is 2.20 bits per heavy atom. The van der Waals surface area contributed by atoms with Crippen LogP contribution < -0.4 is 0 Å². The molecule has 0 bridgehead atoms. The minimum Gasteiger partial charge on any atom is -0.480 e. The lowest BCUT2D eigenvalue weighted by molar-refractivity contribution is -0.144. The van der Waals surface area contributed by atoms with Crippen molar-refractivity contribution >= 4 is 12.0 Å². The molecular weight excluding hydrogens is 260 g/mol. The number of aliphatic hydroxyl groups is 1. The number of amides is 2. The second kappa shape index (κ2) is 7.89. The maximum absolute atomic E-state index is 12.4. The first-order valence-electron chi connectivity index (χ1n) is 7.05. The van der Waals surface area contributed by atoms with Crippen LogP contribution in [0.25, 0.3) is 0 Å². The predicted octanol–water partition coefficient (Wildman–Crippen LogP) is 1.16. The van der Waals surface area contributed by atoms with E-state index in [0.29, 0.717) is 25.4 Å². The largest absolute Gasteiger partial charge is 0.480 e. The lowest BCUT2D eigenvalue weighted by Gasteiger charge is -2.39. The Bertz CT molecular complexity index is 359. The second-order valence-corrected chi connectivity index (χ2v) is 5.09. The topological polar surface area (TPSA) is 81.1 Å². The van der Waals surface area contributed by atoms with E-state index in [1.165, 1.54) is 9.80 Å². The molecule has 0 aromatic rings. The predicted molar refractivity (Wildman–Crippen MR) is 75.4 cm³/mol. The number of piperidine rings is 1. The van der Waals surface area contributed by atoms with Crippen LogP contribution in [0, 0.1) is 5.92 Å². The van der Waals surface area contributed by atoms with Gasteiger partial charge < -0.3 is 20.0 Å². The van der Waals surface area contributed by atoms with Crippen LogP contribution in [0.5, 0.6) is 0 Å². The number of aliphatic hydroxyl groups excluding tert-OH is 1. The third kappa shape index (κ3) is 3.96. The van der Waals surface area contributed by atoms with Crippen molar-refractivity contribution in [2.45, 2.75) is 32.2 Å². The number of carboxylic acids is 1. The molecule has 0 aromatic carbocycles. The third-order valence-corrected chi connectivity index (χ3v) is 3.81. The molecule has 2 atom stereocenters. The van der Waals surface area contributed by atoms with Crippen molar-refractivity contribution in [1.29, 1.82) is 0 Å². The van der Waals surface area contributed by atoms with E-state index in [1.54, 1.807) is 6.08 Å². The molecule has 6 nitrogen and oxygen atoms in total. The average molecular weight is 284 g/mol. The number of carboxylic acid groups (broad SMARTS) is 1. The van der Waals surface area contributed by atoms with Gasteiger partial charge in [-0.2, -0.15) is 0 Å². The van der Waals surface area contributed by atoms with E-state index < -0.39 is 12.0 Å². The first kappa shape index (κ1) is 16.5. The number of urea groups is 1. The number of aliphatic carboxylic acids is 1. The van der Waals surface area contributed by atoms with Crippen LogP contribution in [-0.2, 0) is 4.79 Å². The Morgan fingerprint density at radius 3 is 2.70 bits per heavy atom. The minimum atomic E-state index is -0.959. The van der Waals surface area contributed by atoms with E-state index in [9.17, 15) is 14.7 Å². The van der Waals surface area contributed by atoms with E-state index in [1.807, 2.05) is 6.92 Å². The van der Waals surface area contributed by atoms with E-state index >= 15 is 0 Å². The van der Waals surface area contributed by atoms with Gasteiger partial charge >= 0.3 is 12.0 Å². The Morgan fingerprint density at radius 1 is 1.50 bits per heavy atom. The highest BCUT2D eigenvalue weighted by Crippen LogP contribution is 2.26. The summed E-state index contributed by atoms with van der Waals surface area (Å²) in [5, 5.41) is 18.3. The summed E-state index contributed by atoms with van der Waals surface area (Å²) >= 11 is 0. The molecule has 1 fully saturated rings. The lowest BCUT2D eigenvalue weighted by atomic mass is 9.89. The molecule has 0 saturated carbocycles. The van der Waals surface area contributed by atoms with Gasteiger partial charge in [0.1, 0.15) is 6.04 Å². The fourth-order valence-electron chi connectivity index (χ4n) is 2.60. The summed E-state index contributed by atoms with van der Waals surface area (Å²) in [6.07, 6.45) is 3.83. The first-order valence-corrected chi connectivity index (χ1v) is 7.05. The quantitative estimate of drug-likeness (QED) is 0.717. The number of carbonyl (C=O) groups is 2. The molecule has 2 unspecified atom stereocenters. The highest BCUT2D eigenvalue weighted by Gasteiger charge is 2.37. The van der Waals surface area contributed by atoms with Gasteiger partial charge in [-0.1, -0.05) is 19.4 Å². The SMILES string of the molecule is C=CCN(CCO)C(=O)N1CCC(CC)CC1C(=O)O. The molecule has 0 spiro atoms. The van der Waals surface area contributed by atoms with Gasteiger partial charge in [-0.3, -0.25) is 0 Å². The van der Waals surface area contributed by atoms with Crippen molar-refractivity contribution in [1.82, 2.24) is 9.80 Å². The zero-order valence-electron chi connectivity index (χ0n) is 12.0. The van der Waals surface area contributed by atoms with Crippen molar-refractivity contribution < 1.29 is 19.8 Å².